The number of ether oxygens (including phenoxy) is 3. The summed E-state index contributed by atoms with van der Waals surface area (Å²) in [6.45, 7) is 6.34. The van der Waals surface area contributed by atoms with Crippen molar-refractivity contribution in [3.63, 3.8) is 0 Å². The van der Waals surface area contributed by atoms with Gasteiger partial charge in [0.05, 0.1) is 0 Å². The van der Waals surface area contributed by atoms with Gasteiger partial charge in [-0.3, -0.25) is 14.4 Å². The predicted octanol–water partition coefficient (Wildman–Crippen LogP) is 21.7. The molecule has 1 unspecified atom stereocenters. The maximum atomic E-state index is 12.8. The van der Waals surface area contributed by atoms with Crippen molar-refractivity contribution >= 4 is 17.9 Å². The van der Waals surface area contributed by atoms with Crippen LogP contribution in [0.5, 0.6) is 0 Å². The zero-order chi connectivity index (χ0) is 54.3. The Morgan fingerprint density at radius 3 is 0.893 bits per heavy atom. The Bertz CT molecular complexity index is 1480. The molecule has 0 aliphatic carbocycles. The lowest BCUT2D eigenvalue weighted by molar-refractivity contribution is -0.166. The molecular formula is C69H118O6. The van der Waals surface area contributed by atoms with Gasteiger partial charge in [-0.05, 0) is 103 Å². The van der Waals surface area contributed by atoms with Gasteiger partial charge in [0.15, 0.2) is 6.10 Å². The number of allylic oxidation sites excluding steroid dienone is 16. The van der Waals surface area contributed by atoms with Crippen molar-refractivity contribution in [3.05, 3.63) is 97.2 Å². The number of rotatable bonds is 57. The number of carbonyl (C=O) groups is 3. The maximum absolute atomic E-state index is 12.8. The first-order chi connectivity index (χ1) is 37.0. The molecule has 0 rings (SSSR count). The van der Waals surface area contributed by atoms with E-state index in [0.717, 1.165) is 89.9 Å². The highest BCUT2D eigenvalue weighted by Gasteiger charge is 2.19. The fourth-order valence-electron chi connectivity index (χ4n) is 8.88. The van der Waals surface area contributed by atoms with Crippen LogP contribution < -0.4 is 0 Å². The van der Waals surface area contributed by atoms with E-state index in [0.29, 0.717) is 19.3 Å². The Hall–Kier alpha value is -3.67. The molecule has 6 nitrogen and oxygen atoms in total. The van der Waals surface area contributed by atoms with Gasteiger partial charge in [0.25, 0.3) is 0 Å². The fourth-order valence-corrected chi connectivity index (χ4v) is 8.88. The van der Waals surface area contributed by atoms with Crippen LogP contribution in [0.1, 0.15) is 303 Å². The monoisotopic (exact) mass is 1040 g/mol. The van der Waals surface area contributed by atoms with Crippen LogP contribution in [0.2, 0.25) is 0 Å². The van der Waals surface area contributed by atoms with Crippen LogP contribution in [-0.4, -0.2) is 37.2 Å². The zero-order valence-corrected chi connectivity index (χ0v) is 49.3. The van der Waals surface area contributed by atoms with Crippen LogP contribution >= 0.6 is 0 Å². The molecule has 0 saturated heterocycles. The Balaban J connectivity index is 4.17. The summed E-state index contributed by atoms with van der Waals surface area (Å²) >= 11 is 0. The lowest BCUT2D eigenvalue weighted by Crippen LogP contribution is -2.30. The van der Waals surface area contributed by atoms with Crippen molar-refractivity contribution in [2.45, 2.75) is 309 Å². The van der Waals surface area contributed by atoms with E-state index in [1.54, 1.807) is 0 Å². The first-order valence-electron chi connectivity index (χ1n) is 31.7. The quantitative estimate of drug-likeness (QED) is 0.0261. The molecular weight excluding hydrogens is 925 g/mol. The first kappa shape index (κ1) is 71.3. The normalized spacial score (nSPS) is 12.7. The summed E-state index contributed by atoms with van der Waals surface area (Å²) in [5.74, 6) is -1.02. The summed E-state index contributed by atoms with van der Waals surface area (Å²) in [4.78, 5) is 38.1. The number of hydrogen-bond donors (Lipinski definition) is 0. The highest BCUT2D eigenvalue weighted by Crippen LogP contribution is 2.17. The Labute approximate surface area is 464 Å². The molecule has 0 N–H and O–H groups in total. The number of esters is 3. The molecule has 0 bridgehead atoms. The minimum absolute atomic E-state index is 0.114. The van der Waals surface area contributed by atoms with Gasteiger partial charge in [-0.25, -0.2) is 0 Å². The fraction of sp³-hybridized carbons (Fsp3) is 0.725. The average molecular weight is 1040 g/mol. The summed E-state index contributed by atoms with van der Waals surface area (Å²) in [5, 5.41) is 0. The van der Waals surface area contributed by atoms with E-state index in [4.69, 9.17) is 14.2 Å². The molecule has 6 heteroatoms. The Morgan fingerprint density at radius 1 is 0.280 bits per heavy atom. The molecule has 0 aromatic carbocycles. The zero-order valence-electron chi connectivity index (χ0n) is 49.3. The van der Waals surface area contributed by atoms with E-state index < -0.39 is 12.1 Å². The molecule has 430 valence electrons. The van der Waals surface area contributed by atoms with Crippen molar-refractivity contribution in [1.29, 1.82) is 0 Å². The van der Waals surface area contributed by atoms with Crippen LogP contribution in [0.25, 0.3) is 0 Å². The smallest absolute Gasteiger partial charge is 0.306 e. The van der Waals surface area contributed by atoms with Gasteiger partial charge in [0.1, 0.15) is 13.2 Å². The van der Waals surface area contributed by atoms with Gasteiger partial charge in [0, 0.05) is 19.3 Å². The van der Waals surface area contributed by atoms with E-state index in [-0.39, 0.29) is 31.6 Å². The molecule has 0 radical (unpaired) electrons. The third-order valence-electron chi connectivity index (χ3n) is 13.6. The van der Waals surface area contributed by atoms with Crippen molar-refractivity contribution in [2.24, 2.45) is 0 Å². The molecule has 0 heterocycles. The SMILES string of the molecule is CC/C=C\C/C=C\C/C=C\C/C=C\CCC(=O)OC(COC(=O)CCCCC/C=C\C/C=C\C/C=C\CC)COC(=O)CCCCCCCCCCCCCCCCCCCCC/C=C\CCCCCCCCCC. The molecule has 0 amide bonds. The lowest BCUT2D eigenvalue weighted by atomic mass is 10.0. The van der Waals surface area contributed by atoms with Gasteiger partial charge < -0.3 is 14.2 Å². The second kappa shape index (κ2) is 62.9. The number of carbonyl (C=O) groups excluding carboxylic acids is 3. The molecule has 0 aliphatic heterocycles. The molecule has 0 saturated carbocycles. The van der Waals surface area contributed by atoms with E-state index in [2.05, 4.69) is 106 Å². The minimum atomic E-state index is -0.827. The van der Waals surface area contributed by atoms with Crippen LogP contribution in [-0.2, 0) is 28.6 Å². The molecule has 75 heavy (non-hydrogen) atoms. The maximum Gasteiger partial charge on any atom is 0.306 e. The average Bonchev–Trinajstić information content (AvgIpc) is 3.41. The summed E-state index contributed by atoms with van der Waals surface area (Å²) in [5.41, 5.74) is 0. The van der Waals surface area contributed by atoms with Crippen LogP contribution in [0, 0.1) is 0 Å². The highest BCUT2D eigenvalue weighted by molar-refractivity contribution is 5.71. The van der Waals surface area contributed by atoms with Gasteiger partial charge in [-0.2, -0.15) is 0 Å². The third kappa shape index (κ3) is 61.1. The molecule has 1 atom stereocenters. The van der Waals surface area contributed by atoms with Crippen LogP contribution in [0.15, 0.2) is 97.2 Å². The number of hydrogen-bond acceptors (Lipinski definition) is 6. The molecule has 0 fully saturated rings. The predicted molar refractivity (Wildman–Crippen MR) is 325 cm³/mol. The van der Waals surface area contributed by atoms with Gasteiger partial charge in [-0.15, -0.1) is 0 Å². The first-order valence-corrected chi connectivity index (χ1v) is 31.7. The van der Waals surface area contributed by atoms with E-state index in [1.165, 1.54) is 167 Å². The minimum Gasteiger partial charge on any atom is -0.462 e. The molecule has 0 aromatic heterocycles. The van der Waals surface area contributed by atoms with Gasteiger partial charge in [-0.1, -0.05) is 279 Å². The van der Waals surface area contributed by atoms with Crippen LogP contribution in [0.3, 0.4) is 0 Å². The van der Waals surface area contributed by atoms with Crippen molar-refractivity contribution in [1.82, 2.24) is 0 Å². The standard InChI is InChI=1S/C69H118O6/c1-4-7-10-13-16-19-22-25-26-27-28-29-30-31-32-33-34-35-36-37-38-39-40-41-42-45-47-50-53-56-59-62-68(71)74-65-66(75-69(72)63-60-57-54-51-48-44-24-21-18-15-12-9-6-3)64-73-67(70)61-58-55-52-49-46-43-23-20-17-14-11-8-5-2/h8-9,11-12,17-18,20-21,27-28,43-44,46,48,54,57,66H,4-7,10,13-16,19,22-26,29-42,45,47,49-53,55-56,58-65H2,1-3H3/b11-8-,12-9-,20-17-,21-18-,28-27-,46-43-,48-44-,57-54-. The van der Waals surface area contributed by atoms with E-state index in [9.17, 15) is 14.4 Å². The van der Waals surface area contributed by atoms with E-state index >= 15 is 0 Å². The second-order valence-corrected chi connectivity index (χ2v) is 20.9. The molecule has 0 aliphatic rings. The topological polar surface area (TPSA) is 78.9 Å². The largest absolute Gasteiger partial charge is 0.462 e. The van der Waals surface area contributed by atoms with Crippen LogP contribution in [0.4, 0.5) is 0 Å². The van der Waals surface area contributed by atoms with Crippen molar-refractivity contribution < 1.29 is 28.6 Å². The molecule has 0 spiro atoms. The molecule has 0 aromatic rings. The summed E-state index contributed by atoms with van der Waals surface area (Å²) in [7, 11) is 0. The van der Waals surface area contributed by atoms with Crippen molar-refractivity contribution in [3.8, 4) is 0 Å². The highest BCUT2D eigenvalue weighted by atomic mass is 16.6. The summed E-state index contributed by atoms with van der Waals surface area (Å²) in [6, 6.07) is 0. The Morgan fingerprint density at radius 2 is 0.547 bits per heavy atom. The van der Waals surface area contributed by atoms with Gasteiger partial charge >= 0.3 is 17.9 Å². The summed E-state index contributed by atoms with van der Waals surface area (Å²) < 4.78 is 16.8. The van der Waals surface area contributed by atoms with Crippen molar-refractivity contribution in [2.75, 3.05) is 13.2 Å². The van der Waals surface area contributed by atoms with E-state index in [1.807, 2.05) is 12.2 Å². The van der Waals surface area contributed by atoms with Gasteiger partial charge in [0.2, 0.25) is 0 Å². The second-order valence-electron chi connectivity index (χ2n) is 20.9. The Kier molecular flexibility index (Phi) is 59.8. The lowest BCUT2D eigenvalue weighted by Gasteiger charge is -2.18. The summed E-state index contributed by atoms with van der Waals surface area (Å²) in [6.07, 6.45) is 84.7. The third-order valence-corrected chi connectivity index (χ3v) is 13.6. The number of unbranched alkanes of at least 4 members (excludes halogenated alkanes) is 30.